The number of hydrogen-bond acceptors (Lipinski definition) is 13. The molecule has 0 aromatic carbocycles. The zero-order chi connectivity index (χ0) is 45.0. The molecule has 4 saturated heterocycles. The smallest absolute Gasteiger partial charge is 0.225 e. The average molecular weight is 872 g/mol. The number of pyridine rings is 4. The van der Waals surface area contributed by atoms with Crippen molar-refractivity contribution in [2.75, 3.05) is 70.9 Å². The normalized spacial score (nSPS) is 19.9. The largest absolute Gasteiger partial charge is 0.399 e. The Hall–Kier alpha value is -5.80. The van der Waals surface area contributed by atoms with Gasteiger partial charge in [0.15, 0.2) is 5.78 Å². The molecule has 64 heavy (non-hydrogen) atoms. The minimum atomic E-state index is -0.0329. The van der Waals surface area contributed by atoms with E-state index in [4.69, 9.17) is 16.3 Å². The Morgan fingerprint density at radius 1 is 0.562 bits per heavy atom. The van der Waals surface area contributed by atoms with E-state index >= 15 is 0 Å². The molecule has 4 N–H and O–H groups in total. The molecular formula is C49H65N11O4. The van der Waals surface area contributed by atoms with E-state index in [1.165, 1.54) is 5.56 Å². The van der Waals surface area contributed by atoms with Crippen LogP contribution < -0.4 is 11.5 Å². The molecule has 0 radical (unpaired) electrons. The topological polar surface area (TPSA) is 189 Å². The number of anilines is 2. The third-order valence-corrected chi connectivity index (χ3v) is 13.8. The molecule has 0 aliphatic carbocycles. The summed E-state index contributed by atoms with van der Waals surface area (Å²) >= 11 is 0. The first kappa shape index (κ1) is 46.2. The number of carbonyl (C=O) groups is 3. The zero-order valence-electron chi connectivity index (χ0n) is 37.7. The second-order valence-electron chi connectivity index (χ2n) is 17.7. The van der Waals surface area contributed by atoms with Crippen LogP contribution in [0.15, 0.2) is 90.6 Å². The third kappa shape index (κ3) is 11.7. The highest BCUT2D eigenvalue weighted by molar-refractivity contribution is 6.00. The predicted molar refractivity (Wildman–Crippen MR) is 248 cm³/mol. The van der Waals surface area contributed by atoms with Gasteiger partial charge in [-0.2, -0.15) is 0 Å². The Morgan fingerprint density at radius 2 is 0.984 bits per heavy atom. The molecule has 2 atom stereocenters. The summed E-state index contributed by atoms with van der Waals surface area (Å²) in [5, 5.41) is 4.27. The van der Waals surface area contributed by atoms with E-state index in [1.807, 2.05) is 64.4 Å². The van der Waals surface area contributed by atoms with Gasteiger partial charge in [-0.1, -0.05) is 17.3 Å². The summed E-state index contributed by atoms with van der Waals surface area (Å²) in [4.78, 5) is 69.7. The van der Waals surface area contributed by atoms with Crippen molar-refractivity contribution in [3.63, 3.8) is 0 Å². The maximum atomic E-state index is 13.2. The highest BCUT2D eigenvalue weighted by Crippen LogP contribution is 2.32. The summed E-state index contributed by atoms with van der Waals surface area (Å²) in [5.41, 5.74) is 16.3. The van der Waals surface area contributed by atoms with Crippen LogP contribution in [-0.4, -0.2) is 122 Å². The number of Topliss-reactive ketones (excluding diaryl/α,β-unsaturated/α-hetero) is 1. The van der Waals surface area contributed by atoms with Gasteiger partial charge in [0, 0.05) is 86.7 Å². The molecule has 0 spiro atoms. The minimum absolute atomic E-state index is 0.0329. The number of nitrogens with two attached hydrogens (primary N) is 2. The van der Waals surface area contributed by atoms with E-state index in [1.54, 1.807) is 38.0 Å². The fourth-order valence-electron chi connectivity index (χ4n) is 9.85. The second-order valence-corrected chi connectivity index (χ2v) is 17.7. The van der Waals surface area contributed by atoms with Gasteiger partial charge >= 0.3 is 0 Å². The first-order valence-corrected chi connectivity index (χ1v) is 23.1. The summed E-state index contributed by atoms with van der Waals surface area (Å²) in [6, 6.07) is 19.7. The van der Waals surface area contributed by atoms with E-state index in [0.29, 0.717) is 36.3 Å². The first-order valence-electron chi connectivity index (χ1n) is 23.1. The molecule has 0 saturated carbocycles. The number of piperidine rings is 4. The van der Waals surface area contributed by atoms with Crippen molar-refractivity contribution >= 4 is 34.9 Å². The molecule has 0 bridgehead atoms. The van der Waals surface area contributed by atoms with Gasteiger partial charge in [0.05, 0.1) is 5.69 Å². The molecule has 4 aliphatic rings. The van der Waals surface area contributed by atoms with Crippen molar-refractivity contribution < 1.29 is 19.2 Å². The highest BCUT2D eigenvalue weighted by Gasteiger charge is 2.36. The highest BCUT2D eigenvalue weighted by atomic mass is 16.6. The van der Waals surface area contributed by atoms with Crippen molar-refractivity contribution in [1.82, 2.24) is 39.5 Å². The standard InChI is InChI=1S/C25H34N6O2.C24H31N5O2/c1-18(21-6-12-28-23(26)17-21)30-13-9-20(10-14-30)25(32)31-15-7-19(8-16-31)24(29-33-2)22-5-3-4-11-27-22;1-17(20-5-11-27-22(25)16-20)28-12-8-19(9-13-28)24(31)29-14-6-18(7-15-29)23(30)21-4-2-3-10-26-21/h3-6,11-12,17-20H,7-10,13-16H2,1-2H3,(H2,26,28);2-5,10-11,16-19H,6-9,12-15H2,1H3,(H2,25,27). The van der Waals surface area contributed by atoms with Gasteiger partial charge in [0.2, 0.25) is 11.8 Å². The van der Waals surface area contributed by atoms with Crippen LogP contribution >= 0.6 is 0 Å². The number of amides is 2. The van der Waals surface area contributed by atoms with Crippen LogP contribution in [0.5, 0.6) is 0 Å². The lowest BCUT2D eigenvalue weighted by Crippen LogP contribution is -2.46. The van der Waals surface area contributed by atoms with Crippen LogP contribution in [0.3, 0.4) is 0 Å². The number of oxime groups is 1. The summed E-state index contributed by atoms with van der Waals surface area (Å²) < 4.78 is 0. The van der Waals surface area contributed by atoms with Gasteiger partial charge < -0.3 is 26.1 Å². The Morgan fingerprint density at radius 3 is 1.39 bits per heavy atom. The number of nitrogen functional groups attached to an aromatic ring is 2. The number of rotatable bonds is 11. The van der Waals surface area contributed by atoms with Crippen molar-refractivity contribution in [1.29, 1.82) is 0 Å². The van der Waals surface area contributed by atoms with Crippen molar-refractivity contribution in [3.05, 3.63) is 108 Å². The number of nitrogens with zero attached hydrogens (tertiary/aromatic N) is 9. The number of ketones is 1. The molecule has 4 aliphatic heterocycles. The lowest BCUT2D eigenvalue weighted by Gasteiger charge is -2.39. The Bertz CT molecular complexity index is 2160. The minimum Gasteiger partial charge on any atom is -0.399 e. The molecule has 4 fully saturated rings. The van der Waals surface area contributed by atoms with Crippen molar-refractivity contribution in [3.8, 4) is 0 Å². The van der Waals surface area contributed by atoms with E-state index in [2.05, 4.69) is 48.7 Å². The molecule has 8 heterocycles. The summed E-state index contributed by atoms with van der Waals surface area (Å²) in [5.74, 6) is 2.15. The van der Waals surface area contributed by atoms with E-state index in [9.17, 15) is 14.4 Å². The van der Waals surface area contributed by atoms with Gasteiger partial charge in [0.25, 0.3) is 0 Å². The number of carbonyl (C=O) groups excluding carboxylic acids is 3. The second kappa shape index (κ2) is 22.2. The zero-order valence-corrected chi connectivity index (χ0v) is 37.7. The van der Waals surface area contributed by atoms with Gasteiger partial charge in [-0.05, 0) is 151 Å². The van der Waals surface area contributed by atoms with Crippen LogP contribution in [0, 0.1) is 23.7 Å². The van der Waals surface area contributed by atoms with Gasteiger partial charge in [-0.25, -0.2) is 9.97 Å². The number of aromatic nitrogens is 4. The lowest BCUT2D eigenvalue weighted by molar-refractivity contribution is -0.139. The Labute approximate surface area is 377 Å². The van der Waals surface area contributed by atoms with Gasteiger partial charge in [0.1, 0.15) is 30.2 Å². The van der Waals surface area contributed by atoms with Crippen LogP contribution in [0.1, 0.15) is 105 Å². The monoisotopic (exact) mass is 872 g/mol. The van der Waals surface area contributed by atoms with E-state index in [0.717, 1.165) is 108 Å². The van der Waals surface area contributed by atoms with Crippen LogP contribution in [0.25, 0.3) is 0 Å². The van der Waals surface area contributed by atoms with Gasteiger partial charge in [-0.15, -0.1) is 0 Å². The molecule has 15 nitrogen and oxygen atoms in total. The molecule has 4 aromatic heterocycles. The lowest BCUT2D eigenvalue weighted by atomic mass is 9.88. The number of hydrogen-bond donors (Lipinski definition) is 2. The average Bonchev–Trinajstić information content (AvgIpc) is 3.35. The summed E-state index contributed by atoms with van der Waals surface area (Å²) in [6.45, 7) is 10.8. The fourth-order valence-corrected chi connectivity index (χ4v) is 9.85. The van der Waals surface area contributed by atoms with E-state index in [-0.39, 0.29) is 47.4 Å². The first-order chi connectivity index (χ1) is 31.1. The maximum Gasteiger partial charge on any atom is 0.225 e. The molecule has 4 aromatic rings. The molecule has 2 amide bonds. The molecular weight excluding hydrogens is 807 g/mol. The van der Waals surface area contributed by atoms with Crippen molar-refractivity contribution in [2.24, 2.45) is 28.8 Å². The summed E-state index contributed by atoms with van der Waals surface area (Å²) in [6.07, 6.45) is 13.7. The molecule has 2 unspecified atom stereocenters. The van der Waals surface area contributed by atoms with Gasteiger partial charge in [-0.3, -0.25) is 34.2 Å². The maximum absolute atomic E-state index is 13.2. The number of likely N-dealkylation sites (tertiary alicyclic amines) is 4. The third-order valence-electron chi connectivity index (χ3n) is 13.8. The molecule has 8 rings (SSSR count). The molecule has 340 valence electrons. The predicted octanol–water partition coefficient (Wildman–Crippen LogP) is 6.07. The van der Waals surface area contributed by atoms with E-state index < -0.39 is 0 Å². The fraction of sp³-hybridized carbons (Fsp3) is 0.510. The quantitative estimate of drug-likeness (QED) is 0.101. The van der Waals surface area contributed by atoms with Crippen molar-refractivity contribution in [2.45, 2.75) is 77.3 Å². The van der Waals surface area contributed by atoms with Crippen LogP contribution in [0.2, 0.25) is 0 Å². The molecule has 15 heteroatoms. The Balaban J connectivity index is 0.000000192. The summed E-state index contributed by atoms with van der Waals surface area (Å²) in [7, 11) is 1.57. The Kier molecular flexibility index (Phi) is 16.0. The van der Waals surface area contributed by atoms with Crippen LogP contribution in [0.4, 0.5) is 11.6 Å². The SMILES string of the molecule is CC(c1ccnc(N)c1)N1CCC(C(=O)N2CCC(C(=O)c3ccccn3)CC2)CC1.CON=C(c1ccccn1)C1CCN(C(=O)C2CCN(C(C)c3ccnc(N)c3)CC2)CC1. The van der Waals surface area contributed by atoms with Crippen LogP contribution in [-0.2, 0) is 14.4 Å².